The van der Waals surface area contributed by atoms with Crippen LogP contribution in [0, 0.1) is 0 Å². The second-order valence-electron chi connectivity index (χ2n) is 4.73. The lowest BCUT2D eigenvalue weighted by molar-refractivity contribution is 0.775. The molecule has 0 spiro atoms. The third kappa shape index (κ3) is 3.93. The first kappa shape index (κ1) is 15.3. The van der Waals surface area contributed by atoms with Crippen LogP contribution < -0.4 is 10.6 Å². The van der Waals surface area contributed by atoms with Crippen LogP contribution in [0.1, 0.15) is 37.4 Å². The number of nitrogens with zero attached hydrogens (tertiary/aromatic N) is 2. The van der Waals surface area contributed by atoms with Crippen LogP contribution in [0.3, 0.4) is 0 Å². The first-order valence-corrected chi connectivity index (χ1v) is 8.36. The minimum absolute atomic E-state index is 0.308. The lowest BCUT2D eigenvalue weighted by atomic mass is 10.2. The van der Waals surface area contributed by atoms with Crippen molar-refractivity contribution in [3.05, 3.63) is 32.7 Å². The maximum Gasteiger partial charge on any atom is 0.135 e. The Morgan fingerprint density at radius 1 is 1.25 bits per heavy atom. The third-order valence-corrected chi connectivity index (χ3v) is 4.67. The zero-order valence-corrected chi connectivity index (χ0v) is 14.3. The third-order valence-electron chi connectivity index (χ3n) is 2.74. The van der Waals surface area contributed by atoms with Crippen molar-refractivity contribution in [1.82, 2.24) is 9.97 Å². The van der Waals surface area contributed by atoms with Crippen molar-refractivity contribution in [2.24, 2.45) is 0 Å². The van der Waals surface area contributed by atoms with Crippen LogP contribution >= 0.6 is 27.3 Å². The Morgan fingerprint density at radius 3 is 2.50 bits per heavy atom. The van der Waals surface area contributed by atoms with E-state index in [2.05, 4.69) is 68.7 Å². The molecular formula is C14H19BrN4S. The van der Waals surface area contributed by atoms with Gasteiger partial charge in [0.05, 0.1) is 6.54 Å². The first-order chi connectivity index (χ1) is 9.60. The summed E-state index contributed by atoms with van der Waals surface area (Å²) in [6.45, 7) is 7.88. The molecule has 108 valence electrons. The fourth-order valence-corrected chi connectivity index (χ4v) is 3.14. The van der Waals surface area contributed by atoms with E-state index in [9.17, 15) is 0 Å². The first-order valence-electron chi connectivity index (χ1n) is 6.68. The molecule has 0 atom stereocenters. The Morgan fingerprint density at radius 2 is 1.95 bits per heavy atom. The van der Waals surface area contributed by atoms with E-state index < -0.39 is 0 Å². The fourth-order valence-electron chi connectivity index (χ4n) is 1.71. The largest absolute Gasteiger partial charge is 0.370 e. The highest BCUT2D eigenvalue weighted by Crippen LogP contribution is 2.24. The Hall–Kier alpha value is -1.14. The van der Waals surface area contributed by atoms with Gasteiger partial charge in [-0.05, 0) is 34.3 Å². The van der Waals surface area contributed by atoms with Crippen molar-refractivity contribution in [3.63, 3.8) is 0 Å². The molecule has 2 heterocycles. The average Bonchev–Trinajstić information content (AvgIpc) is 2.82. The Balaban J connectivity index is 2.15. The van der Waals surface area contributed by atoms with E-state index in [1.165, 1.54) is 4.88 Å². The number of rotatable bonds is 6. The Kier molecular flexibility index (Phi) is 5.37. The van der Waals surface area contributed by atoms with E-state index in [1.54, 1.807) is 11.3 Å². The molecule has 2 aromatic heterocycles. The summed E-state index contributed by atoms with van der Waals surface area (Å²) in [7, 11) is 0. The van der Waals surface area contributed by atoms with Crippen LogP contribution in [0.4, 0.5) is 11.6 Å². The van der Waals surface area contributed by atoms with Crippen LogP contribution in [-0.4, -0.2) is 16.5 Å². The predicted octanol–water partition coefficient (Wildman–Crippen LogP) is 4.47. The summed E-state index contributed by atoms with van der Waals surface area (Å²) in [5, 5.41) is 8.70. The van der Waals surface area contributed by atoms with Gasteiger partial charge in [-0.1, -0.05) is 13.8 Å². The van der Waals surface area contributed by atoms with Crippen molar-refractivity contribution in [3.8, 4) is 0 Å². The second-order valence-corrected chi connectivity index (χ2v) is 6.58. The quantitative estimate of drug-likeness (QED) is 0.803. The molecule has 0 aliphatic heterocycles. The molecule has 0 unspecified atom stereocenters. The lowest BCUT2D eigenvalue weighted by Crippen LogP contribution is -2.08. The van der Waals surface area contributed by atoms with E-state index >= 15 is 0 Å². The number of halogens is 1. The number of hydrogen-bond acceptors (Lipinski definition) is 5. The van der Waals surface area contributed by atoms with Gasteiger partial charge < -0.3 is 10.6 Å². The van der Waals surface area contributed by atoms with Crippen molar-refractivity contribution < 1.29 is 0 Å². The summed E-state index contributed by atoms with van der Waals surface area (Å²) < 4.78 is 1.14. The molecule has 0 saturated heterocycles. The van der Waals surface area contributed by atoms with E-state index in [1.807, 2.05) is 6.07 Å². The number of anilines is 2. The van der Waals surface area contributed by atoms with Crippen LogP contribution in [0.2, 0.25) is 0 Å². The molecule has 2 N–H and O–H groups in total. The topological polar surface area (TPSA) is 49.8 Å². The zero-order valence-electron chi connectivity index (χ0n) is 11.9. The highest BCUT2D eigenvalue weighted by atomic mass is 79.9. The van der Waals surface area contributed by atoms with Crippen LogP contribution in [0.15, 0.2) is 22.0 Å². The van der Waals surface area contributed by atoms with Crippen LogP contribution in [-0.2, 0) is 6.54 Å². The minimum atomic E-state index is 0.308. The summed E-state index contributed by atoms with van der Waals surface area (Å²) >= 11 is 5.27. The number of hydrogen-bond donors (Lipinski definition) is 2. The maximum absolute atomic E-state index is 4.57. The lowest BCUT2D eigenvalue weighted by Gasteiger charge is -2.12. The van der Waals surface area contributed by atoms with Gasteiger partial charge in [-0.15, -0.1) is 11.3 Å². The molecule has 0 saturated carbocycles. The molecule has 0 amide bonds. The molecular weight excluding hydrogens is 336 g/mol. The standard InChI is InChI=1S/C14H19BrN4S/c1-4-16-12-7-13(19-14(18-12)9(2)3)17-8-11-10(15)5-6-20-11/h5-7,9H,4,8H2,1-3H3,(H2,16,17,18,19). The molecule has 0 aromatic carbocycles. The van der Waals surface area contributed by atoms with E-state index in [0.717, 1.165) is 35.0 Å². The molecule has 0 radical (unpaired) electrons. The van der Waals surface area contributed by atoms with Crippen LogP contribution in [0.25, 0.3) is 0 Å². The summed E-state index contributed by atoms with van der Waals surface area (Å²) in [5.74, 6) is 2.90. The summed E-state index contributed by atoms with van der Waals surface area (Å²) in [4.78, 5) is 10.4. The van der Waals surface area contributed by atoms with Crippen LogP contribution in [0.5, 0.6) is 0 Å². The SMILES string of the molecule is CCNc1cc(NCc2sccc2Br)nc(C(C)C)n1. The molecule has 0 bridgehead atoms. The van der Waals surface area contributed by atoms with E-state index in [4.69, 9.17) is 0 Å². The Bertz CT molecular complexity index is 568. The molecule has 0 aliphatic carbocycles. The highest BCUT2D eigenvalue weighted by Gasteiger charge is 2.08. The number of nitrogens with one attached hydrogen (secondary N) is 2. The molecule has 6 heteroatoms. The highest BCUT2D eigenvalue weighted by molar-refractivity contribution is 9.10. The fraction of sp³-hybridized carbons (Fsp3) is 0.429. The number of thiophene rings is 1. The maximum atomic E-state index is 4.57. The van der Waals surface area contributed by atoms with Gasteiger partial charge in [-0.25, -0.2) is 9.97 Å². The van der Waals surface area contributed by atoms with Gasteiger partial charge >= 0.3 is 0 Å². The molecule has 0 fully saturated rings. The van der Waals surface area contributed by atoms with Crippen molar-refractivity contribution in [2.75, 3.05) is 17.2 Å². The van der Waals surface area contributed by atoms with E-state index in [0.29, 0.717) is 5.92 Å². The van der Waals surface area contributed by atoms with Gasteiger partial charge in [0.1, 0.15) is 17.5 Å². The number of aromatic nitrogens is 2. The molecule has 2 rings (SSSR count). The van der Waals surface area contributed by atoms with E-state index in [-0.39, 0.29) is 0 Å². The van der Waals surface area contributed by atoms with Gasteiger partial charge in [-0.3, -0.25) is 0 Å². The minimum Gasteiger partial charge on any atom is -0.370 e. The summed E-state index contributed by atoms with van der Waals surface area (Å²) in [5.41, 5.74) is 0. The zero-order chi connectivity index (χ0) is 14.5. The summed E-state index contributed by atoms with van der Waals surface area (Å²) in [6, 6.07) is 4.02. The normalized spacial score (nSPS) is 10.8. The summed E-state index contributed by atoms with van der Waals surface area (Å²) in [6.07, 6.45) is 0. The molecule has 2 aromatic rings. The van der Waals surface area contributed by atoms with Crippen molar-refractivity contribution >= 4 is 38.9 Å². The van der Waals surface area contributed by atoms with Gasteiger partial charge in [0, 0.05) is 27.9 Å². The van der Waals surface area contributed by atoms with Crippen molar-refractivity contribution in [1.29, 1.82) is 0 Å². The molecule has 0 aliphatic rings. The second kappa shape index (κ2) is 7.04. The van der Waals surface area contributed by atoms with Crippen molar-refractivity contribution in [2.45, 2.75) is 33.2 Å². The van der Waals surface area contributed by atoms with Gasteiger partial charge in [0.2, 0.25) is 0 Å². The van der Waals surface area contributed by atoms with Gasteiger partial charge in [0.15, 0.2) is 0 Å². The van der Waals surface area contributed by atoms with Gasteiger partial charge in [0.25, 0.3) is 0 Å². The predicted molar refractivity (Wildman–Crippen MR) is 89.6 cm³/mol. The monoisotopic (exact) mass is 354 g/mol. The smallest absolute Gasteiger partial charge is 0.135 e. The molecule has 4 nitrogen and oxygen atoms in total. The Labute approximate surface area is 132 Å². The van der Waals surface area contributed by atoms with Gasteiger partial charge in [-0.2, -0.15) is 0 Å². The average molecular weight is 355 g/mol. The molecule has 20 heavy (non-hydrogen) atoms.